The maximum absolute atomic E-state index is 10.1. The fourth-order valence-corrected chi connectivity index (χ4v) is 0.990. The molecular formula is C6H9K2O6P. The van der Waals surface area contributed by atoms with Gasteiger partial charge in [-0.1, -0.05) is 18.2 Å². The van der Waals surface area contributed by atoms with Gasteiger partial charge in [0.05, 0.1) is 0 Å². The second-order valence-electron chi connectivity index (χ2n) is 1.85. The maximum Gasteiger partial charge on any atom is 1.00 e. The van der Waals surface area contributed by atoms with Crippen LogP contribution in [0, 0.1) is 0 Å². The Kier molecular flexibility index (Phi) is 22.2. The monoisotopic (exact) mass is 286 g/mol. The van der Waals surface area contributed by atoms with Gasteiger partial charge in [-0.25, -0.2) is 0 Å². The molecule has 4 N–H and O–H groups in total. The number of hydrogen-bond acceptors (Lipinski definition) is 4. The van der Waals surface area contributed by atoms with Crippen molar-refractivity contribution in [2.45, 2.75) is 0 Å². The standard InChI is InChI=1S/C6H7O4P.2K.2H2O/c7-11(8,9)10-6-4-2-1-3-5-6;;;;/h1-5H,(H2,7,8,9);;;2*1H2/q;2*+1;;/p-2. The number of phosphoric ester groups is 1. The largest absolute Gasteiger partial charge is 1.00 e. The zero-order valence-corrected chi connectivity index (χ0v) is 15.6. The summed E-state index contributed by atoms with van der Waals surface area (Å²) in [5.74, 6) is 0.0424. The molecule has 1 aromatic carbocycles. The smallest absolute Gasteiger partial charge is 0.780 e. The van der Waals surface area contributed by atoms with Crippen LogP contribution in [0.4, 0.5) is 0 Å². The summed E-state index contributed by atoms with van der Waals surface area (Å²) in [4.78, 5) is 20.1. The molecule has 0 saturated carbocycles. The van der Waals surface area contributed by atoms with Gasteiger partial charge in [-0.15, -0.1) is 0 Å². The van der Waals surface area contributed by atoms with Gasteiger partial charge >= 0.3 is 103 Å². The van der Waals surface area contributed by atoms with Gasteiger partial charge in [-0.2, -0.15) is 0 Å². The zero-order valence-electron chi connectivity index (χ0n) is 8.47. The molecule has 0 unspecified atom stereocenters. The van der Waals surface area contributed by atoms with Crippen LogP contribution >= 0.6 is 7.82 Å². The van der Waals surface area contributed by atoms with Crippen molar-refractivity contribution in [2.75, 3.05) is 0 Å². The number of para-hydroxylation sites is 1. The minimum absolute atomic E-state index is 0. The third-order valence-corrected chi connectivity index (χ3v) is 1.39. The van der Waals surface area contributed by atoms with Crippen LogP contribution in [-0.4, -0.2) is 11.0 Å². The summed E-state index contributed by atoms with van der Waals surface area (Å²) >= 11 is 0. The van der Waals surface area contributed by atoms with E-state index >= 15 is 0 Å². The minimum atomic E-state index is -4.89. The second-order valence-corrected chi connectivity index (χ2v) is 2.93. The van der Waals surface area contributed by atoms with Gasteiger partial charge in [-0.3, -0.25) is 0 Å². The molecule has 1 rings (SSSR count). The Morgan fingerprint density at radius 2 is 1.40 bits per heavy atom. The van der Waals surface area contributed by atoms with E-state index in [-0.39, 0.29) is 119 Å². The predicted molar refractivity (Wildman–Crippen MR) is 41.9 cm³/mol. The Labute approximate surface area is 172 Å². The normalized spacial score (nSPS) is 8.13. The van der Waals surface area contributed by atoms with Crippen LogP contribution in [-0.2, 0) is 4.57 Å². The van der Waals surface area contributed by atoms with E-state index in [0.29, 0.717) is 0 Å². The van der Waals surface area contributed by atoms with E-state index in [4.69, 9.17) is 0 Å². The number of hydrogen-bond donors (Lipinski definition) is 0. The number of rotatable bonds is 2. The summed E-state index contributed by atoms with van der Waals surface area (Å²) in [7, 11) is -4.89. The summed E-state index contributed by atoms with van der Waals surface area (Å²) in [6.45, 7) is 0. The summed E-state index contributed by atoms with van der Waals surface area (Å²) in [5, 5.41) is 0. The molecule has 15 heavy (non-hydrogen) atoms. The molecule has 76 valence electrons. The van der Waals surface area contributed by atoms with Crippen LogP contribution in [0.1, 0.15) is 0 Å². The second kappa shape index (κ2) is 12.8. The molecule has 0 amide bonds. The van der Waals surface area contributed by atoms with Crippen LogP contribution in [0.3, 0.4) is 0 Å². The minimum Gasteiger partial charge on any atom is -0.780 e. The van der Waals surface area contributed by atoms with Crippen molar-refractivity contribution in [3.05, 3.63) is 30.3 Å². The van der Waals surface area contributed by atoms with E-state index in [9.17, 15) is 14.4 Å². The number of phosphoric acid groups is 1. The average molecular weight is 286 g/mol. The fraction of sp³-hybridized carbons (Fsp3) is 0. The van der Waals surface area contributed by atoms with E-state index in [2.05, 4.69) is 4.52 Å². The van der Waals surface area contributed by atoms with Crippen molar-refractivity contribution in [1.82, 2.24) is 0 Å². The fourth-order valence-electron chi connectivity index (χ4n) is 0.610. The molecule has 0 atom stereocenters. The van der Waals surface area contributed by atoms with Crippen molar-refractivity contribution in [3.8, 4) is 5.75 Å². The molecule has 0 heterocycles. The van der Waals surface area contributed by atoms with E-state index < -0.39 is 7.82 Å². The Morgan fingerprint density at radius 3 is 1.73 bits per heavy atom. The van der Waals surface area contributed by atoms with Crippen molar-refractivity contribution in [3.63, 3.8) is 0 Å². The molecule has 0 spiro atoms. The predicted octanol–water partition coefficient (Wildman–Crippen LogP) is -7.75. The molecule has 6 nitrogen and oxygen atoms in total. The van der Waals surface area contributed by atoms with Crippen molar-refractivity contribution < 1.29 is 133 Å². The number of benzene rings is 1. The Balaban J connectivity index is -0.000000151. The van der Waals surface area contributed by atoms with Gasteiger partial charge in [-0.05, 0) is 12.1 Å². The van der Waals surface area contributed by atoms with E-state index in [1.807, 2.05) is 0 Å². The van der Waals surface area contributed by atoms with Crippen LogP contribution in [0.15, 0.2) is 30.3 Å². The summed E-state index contributed by atoms with van der Waals surface area (Å²) in [6.07, 6.45) is 0. The molecular weight excluding hydrogens is 277 g/mol. The zero-order chi connectivity index (χ0) is 8.32. The first-order chi connectivity index (χ1) is 5.08. The Hall–Kier alpha value is 2.36. The molecule has 0 aliphatic rings. The molecule has 9 heteroatoms. The topological polar surface area (TPSA) is 135 Å². The van der Waals surface area contributed by atoms with E-state index in [0.717, 1.165) is 0 Å². The van der Waals surface area contributed by atoms with Crippen LogP contribution < -0.4 is 117 Å². The molecule has 0 saturated heterocycles. The van der Waals surface area contributed by atoms with Crippen LogP contribution in [0.5, 0.6) is 5.75 Å². The van der Waals surface area contributed by atoms with Gasteiger partial charge in [0, 0.05) is 0 Å². The van der Waals surface area contributed by atoms with E-state index in [1.54, 1.807) is 18.2 Å². The van der Waals surface area contributed by atoms with Gasteiger partial charge in [0.15, 0.2) is 0 Å². The van der Waals surface area contributed by atoms with Gasteiger partial charge in [0.25, 0.3) is 0 Å². The molecule has 0 bridgehead atoms. The van der Waals surface area contributed by atoms with Crippen molar-refractivity contribution in [1.29, 1.82) is 0 Å². The molecule has 1 aromatic rings. The van der Waals surface area contributed by atoms with Crippen molar-refractivity contribution >= 4 is 7.82 Å². The molecule has 0 aromatic heterocycles. The molecule has 0 fully saturated rings. The van der Waals surface area contributed by atoms with E-state index in [1.165, 1.54) is 12.1 Å². The summed E-state index contributed by atoms with van der Waals surface area (Å²) < 4.78 is 14.1. The van der Waals surface area contributed by atoms with Gasteiger partial charge < -0.3 is 29.8 Å². The first kappa shape index (κ1) is 26.0. The molecule has 0 radical (unpaired) electrons. The quantitative estimate of drug-likeness (QED) is 0.394. The van der Waals surface area contributed by atoms with Gasteiger partial charge in [0.2, 0.25) is 0 Å². The van der Waals surface area contributed by atoms with Gasteiger partial charge in [0.1, 0.15) is 13.6 Å². The third kappa shape index (κ3) is 14.3. The first-order valence-electron chi connectivity index (χ1n) is 2.85. The third-order valence-electron chi connectivity index (χ3n) is 0.960. The van der Waals surface area contributed by atoms with Crippen molar-refractivity contribution in [2.24, 2.45) is 0 Å². The Bertz CT molecular complexity index is 276. The maximum atomic E-state index is 10.1. The van der Waals surface area contributed by atoms with Crippen LogP contribution in [0.25, 0.3) is 0 Å². The average Bonchev–Trinajstić information content (AvgIpc) is 1.85. The summed E-state index contributed by atoms with van der Waals surface area (Å²) in [6, 6.07) is 7.62. The van der Waals surface area contributed by atoms with Crippen LogP contribution in [0.2, 0.25) is 0 Å². The summed E-state index contributed by atoms with van der Waals surface area (Å²) in [5.41, 5.74) is 0. The Morgan fingerprint density at radius 1 is 1.00 bits per heavy atom. The SMILES string of the molecule is O.O.O=P([O-])([O-])Oc1ccccc1.[K+].[K+]. The molecule has 0 aliphatic heterocycles. The first-order valence-corrected chi connectivity index (χ1v) is 4.31. The molecule has 0 aliphatic carbocycles.